The van der Waals surface area contributed by atoms with Crippen LogP contribution in [-0.4, -0.2) is 23.9 Å². The minimum Gasteiger partial charge on any atom is -0.497 e. The number of hydrogen-bond donors (Lipinski definition) is 0. The minimum absolute atomic E-state index is 0.911. The zero-order valence-corrected chi connectivity index (χ0v) is 14.5. The van der Waals surface area contributed by atoms with Gasteiger partial charge in [0.05, 0.1) is 12.7 Å². The van der Waals surface area contributed by atoms with Crippen molar-refractivity contribution < 1.29 is 9.31 Å². The number of methoxy groups -OCH3 is 1. The molecule has 0 unspecified atom stereocenters. The van der Waals surface area contributed by atoms with E-state index in [2.05, 4.69) is 83.4 Å². The molecule has 0 spiro atoms. The van der Waals surface area contributed by atoms with E-state index in [-0.39, 0.29) is 0 Å². The number of ether oxygens (including phenoxy) is 1. The third kappa shape index (κ3) is 3.20. The number of rotatable bonds is 4. The van der Waals surface area contributed by atoms with Crippen LogP contribution in [0.3, 0.4) is 0 Å². The van der Waals surface area contributed by atoms with Gasteiger partial charge in [-0.25, -0.2) is 4.58 Å². The van der Waals surface area contributed by atoms with Crippen molar-refractivity contribution in [3.63, 3.8) is 0 Å². The van der Waals surface area contributed by atoms with E-state index in [0.717, 1.165) is 25.3 Å². The normalized spacial score (nSPS) is 13.5. The molecule has 0 saturated heterocycles. The van der Waals surface area contributed by atoms with Gasteiger partial charge in [-0.1, -0.05) is 54.6 Å². The van der Waals surface area contributed by atoms with Crippen LogP contribution in [0.4, 0.5) is 0 Å². The van der Waals surface area contributed by atoms with Gasteiger partial charge in [-0.05, 0) is 29.8 Å². The molecule has 2 heteroatoms. The average Bonchev–Trinajstić information content (AvgIpc) is 2.69. The van der Waals surface area contributed by atoms with Crippen molar-refractivity contribution in [2.45, 2.75) is 13.0 Å². The van der Waals surface area contributed by atoms with Crippen molar-refractivity contribution >= 4 is 5.71 Å². The van der Waals surface area contributed by atoms with Gasteiger partial charge in [0.25, 0.3) is 0 Å². The van der Waals surface area contributed by atoms with Crippen molar-refractivity contribution in [2.75, 3.05) is 13.7 Å². The maximum Gasteiger partial charge on any atom is 0.215 e. The third-order valence-electron chi connectivity index (χ3n) is 4.80. The van der Waals surface area contributed by atoms with Gasteiger partial charge < -0.3 is 4.74 Å². The van der Waals surface area contributed by atoms with Crippen LogP contribution in [0.5, 0.6) is 5.75 Å². The van der Waals surface area contributed by atoms with Crippen molar-refractivity contribution in [3.05, 3.63) is 101 Å². The molecule has 0 bridgehead atoms. The van der Waals surface area contributed by atoms with Gasteiger partial charge in [0.1, 0.15) is 12.3 Å². The van der Waals surface area contributed by atoms with E-state index in [1.807, 2.05) is 0 Å². The Labute approximate surface area is 149 Å². The van der Waals surface area contributed by atoms with Gasteiger partial charge in [0.2, 0.25) is 5.71 Å². The molecule has 0 radical (unpaired) electrons. The molecule has 3 aromatic rings. The lowest BCUT2D eigenvalue weighted by Crippen LogP contribution is -2.30. The predicted octanol–water partition coefficient (Wildman–Crippen LogP) is 4.30. The number of benzene rings is 3. The van der Waals surface area contributed by atoms with E-state index in [1.54, 1.807) is 7.11 Å². The average molecular weight is 328 g/mol. The highest BCUT2D eigenvalue weighted by atomic mass is 16.5. The monoisotopic (exact) mass is 328 g/mol. The summed E-state index contributed by atoms with van der Waals surface area (Å²) in [5, 5.41) is 0. The first-order valence-corrected chi connectivity index (χ1v) is 8.73. The van der Waals surface area contributed by atoms with Gasteiger partial charge in [0.15, 0.2) is 6.54 Å². The molecule has 0 aliphatic carbocycles. The van der Waals surface area contributed by atoms with Crippen LogP contribution in [0.25, 0.3) is 0 Å². The van der Waals surface area contributed by atoms with Crippen LogP contribution < -0.4 is 4.74 Å². The first kappa shape index (κ1) is 15.6. The van der Waals surface area contributed by atoms with E-state index < -0.39 is 0 Å². The molecule has 0 fully saturated rings. The lowest BCUT2D eigenvalue weighted by molar-refractivity contribution is -0.544. The second-order valence-electron chi connectivity index (χ2n) is 6.39. The second-order valence-corrected chi connectivity index (χ2v) is 6.39. The van der Waals surface area contributed by atoms with Gasteiger partial charge in [-0.15, -0.1) is 0 Å². The van der Waals surface area contributed by atoms with Crippen molar-refractivity contribution in [1.82, 2.24) is 0 Å². The predicted molar refractivity (Wildman–Crippen MR) is 102 cm³/mol. The van der Waals surface area contributed by atoms with Crippen molar-refractivity contribution in [2.24, 2.45) is 0 Å². The van der Waals surface area contributed by atoms with Crippen LogP contribution in [0.2, 0.25) is 0 Å². The van der Waals surface area contributed by atoms with E-state index in [0.29, 0.717) is 0 Å². The molecule has 25 heavy (non-hydrogen) atoms. The van der Waals surface area contributed by atoms with Gasteiger partial charge >= 0.3 is 0 Å². The smallest absolute Gasteiger partial charge is 0.215 e. The lowest BCUT2D eigenvalue weighted by Gasteiger charge is -2.20. The summed E-state index contributed by atoms with van der Waals surface area (Å²) < 4.78 is 7.98. The van der Waals surface area contributed by atoms with Crippen LogP contribution >= 0.6 is 0 Å². The summed E-state index contributed by atoms with van der Waals surface area (Å²) in [7, 11) is 1.73. The highest BCUT2D eigenvalue weighted by Crippen LogP contribution is 2.25. The Balaban J connectivity index is 1.87. The van der Waals surface area contributed by atoms with E-state index in [4.69, 9.17) is 4.74 Å². The van der Waals surface area contributed by atoms with Crippen molar-refractivity contribution in [1.29, 1.82) is 0 Å². The summed E-state index contributed by atoms with van der Waals surface area (Å²) in [5.74, 6) is 0.911. The molecule has 2 nitrogen and oxygen atoms in total. The van der Waals surface area contributed by atoms with Gasteiger partial charge in [0, 0.05) is 17.5 Å². The van der Waals surface area contributed by atoms with E-state index >= 15 is 0 Å². The van der Waals surface area contributed by atoms with Crippen LogP contribution in [0.15, 0.2) is 78.9 Å². The molecule has 4 rings (SSSR count). The summed E-state index contributed by atoms with van der Waals surface area (Å²) in [6.07, 6.45) is 1.06. The van der Waals surface area contributed by atoms with Gasteiger partial charge in [-0.3, -0.25) is 0 Å². The zero-order valence-electron chi connectivity index (χ0n) is 14.5. The SMILES string of the molecule is COc1ccc2c(c1)C(c1ccccc1)=[N+](Cc1ccccc1)CC2. The maximum atomic E-state index is 5.49. The Bertz CT molecular complexity index is 898. The van der Waals surface area contributed by atoms with Crippen LogP contribution in [0.1, 0.15) is 22.3 Å². The molecular formula is C23H22NO+. The van der Waals surface area contributed by atoms with E-state index in [1.165, 1.54) is 28.0 Å². The molecular weight excluding hydrogens is 306 g/mol. The fourth-order valence-electron chi connectivity index (χ4n) is 3.55. The lowest BCUT2D eigenvalue weighted by atomic mass is 9.92. The molecule has 0 atom stereocenters. The topological polar surface area (TPSA) is 12.2 Å². The molecule has 124 valence electrons. The molecule has 1 heterocycles. The zero-order chi connectivity index (χ0) is 17.1. The number of nitrogens with zero attached hydrogens (tertiary/aromatic N) is 1. The maximum absolute atomic E-state index is 5.49. The molecule has 1 aliphatic heterocycles. The highest BCUT2D eigenvalue weighted by molar-refractivity contribution is 6.11. The standard InChI is InChI=1S/C23H22NO/c1-25-21-13-12-19-14-15-24(17-18-8-4-2-5-9-18)23(22(19)16-21)20-10-6-3-7-11-20/h2-13,16H,14-15,17H2,1H3/q+1. The summed E-state index contributed by atoms with van der Waals surface area (Å²) in [6.45, 7) is 1.94. The quantitative estimate of drug-likeness (QED) is 0.650. The molecule has 3 aromatic carbocycles. The fraction of sp³-hybridized carbons (Fsp3) is 0.174. The molecule has 1 aliphatic rings. The van der Waals surface area contributed by atoms with Gasteiger partial charge in [-0.2, -0.15) is 0 Å². The number of fused-ring (bicyclic) bond motifs is 1. The third-order valence-corrected chi connectivity index (χ3v) is 4.80. The largest absolute Gasteiger partial charge is 0.497 e. The van der Waals surface area contributed by atoms with Crippen molar-refractivity contribution in [3.8, 4) is 5.75 Å². The molecule has 0 N–H and O–H groups in total. The Morgan fingerprint density at radius 1 is 0.880 bits per heavy atom. The summed E-state index contributed by atoms with van der Waals surface area (Å²) >= 11 is 0. The molecule has 0 aromatic heterocycles. The first-order valence-electron chi connectivity index (χ1n) is 8.73. The summed E-state index contributed by atoms with van der Waals surface area (Å²) in [4.78, 5) is 0. The Kier molecular flexibility index (Phi) is 4.34. The summed E-state index contributed by atoms with van der Waals surface area (Å²) in [6, 6.07) is 27.8. The second kappa shape index (κ2) is 6.94. The van der Waals surface area contributed by atoms with E-state index in [9.17, 15) is 0 Å². The number of hydrogen-bond acceptors (Lipinski definition) is 1. The minimum atomic E-state index is 0.911. The molecule has 0 amide bonds. The Morgan fingerprint density at radius 3 is 2.32 bits per heavy atom. The summed E-state index contributed by atoms with van der Waals surface area (Å²) in [5.41, 5.74) is 6.57. The first-order chi connectivity index (χ1) is 12.3. The fourth-order valence-corrected chi connectivity index (χ4v) is 3.55. The Morgan fingerprint density at radius 2 is 1.60 bits per heavy atom. The van der Waals surface area contributed by atoms with Crippen LogP contribution in [-0.2, 0) is 13.0 Å². The van der Waals surface area contributed by atoms with Crippen LogP contribution in [0, 0.1) is 0 Å². The Hall–Kier alpha value is -2.87. The molecule has 0 saturated carbocycles. The highest BCUT2D eigenvalue weighted by Gasteiger charge is 2.27.